The number of carbonyl (C=O) groups is 1. The molecule has 0 spiro atoms. The second-order valence-electron chi connectivity index (χ2n) is 12.6. The van der Waals surface area contributed by atoms with E-state index < -0.39 is 6.09 Å². The molecule has 3 nitrogen and oxygen atoms in total. The number of carbonyl (C=O) groups excluding carboxylic acids is 1. The zero-order valence-electron chi connectivity index (χ0n) is 20.8. The molecule has 0 aromatic heterocycles. The summed E-state index contributed by atoms with van der Waals surface area (Å²) >= 11 is 0. The van der Waals surface area contributed by atoms with Crippen molar-refractivity contribution in [2.24, 2.45) is 52.1 Å². The number of rotatable bonds is 6. The molecule has 4 aliphatic rings. The molecule has 0 bridgehead atoms. The van der Waals surface area contributed by atoms with Crippen molar-refractivity contribution in [1.29, 1.82) is 0 Å². The molecule has 3 saturated carbocycles. The Morgan fingerprint density at radius 2 is 1.87 bits per heavy atom. The smallest absolute Gasteiger partial charge is 0.404 e. The van der Waals surface area contributed by atoms with Crippen LogP contribution in [0, 0.1) is 46.3 Å². The van der Waals surface area contributed by atoms with Crippen molar-refractivity contribution in [3.8, 4) is 0 Å². The summed E-state index contributed by atoms with van der Waals surface area (Å²) < 4.78 is 5.39. The fourth-order valence-corrected chi connectivity index (χ4v) is 8.92. The van der Waals surface area contributed by atoms with Gasteiger partial charge in [0.15, 0.2) is 0 Å². The average Bonchev–Trinajstić information content (AvgIpc) is 3.05. The van der Waals surface area contributed by atoms with E-state index in [1.54, 1.807) is 5.57 Å². The Balaban J connectivity index is 1.47. The van der Waals surface area contributed by atoms with Gasteiger partial charge in [0.1, 0.15) is 6.10 Å². The van der Waals surface area contributed by atoms with Crippen molar-refractivity contribution in [1.82, 2.24) is 0 Å². The number of primary amides is 1. The van der Waals surface area contributed by atoms with Gasteiger partial charge < -0.3 is 10.5 Å². The van der Waals surface area contributed by atoms with Crippen LogP contribution >= 0.6 is 0 Å². The van der Waals surface area contributed by atoms with Gasteiger partial charge in [-0.15, -0.1) is 0 Å². The predicted molar refractivity (Wildman–Crippen MR) is 128 cm³/mol. The zero-order chi connectivity index (χ0) is 22.4. The third kappa shape index (κ3) is 4.20. The van der Waals surface area contributed by atoms with Crippen molar-refractivity contribution in [2.45, 2.75) is 111 Å². The van der Waals surface area contributed by atoms with Gasteiger partial charge in [0.25, 0.3) is 0 Å². The van der Waals surface area contributed by atoms with Crippen LogP contribution in [-0.4, -0.2) is 12.2 Å². The Kier molecular flexibility index (Phi) is 6.54. The minimum absolute atomic E-state index is 0.00946. The van der Waals surface area contributed by atoms with Gasteiger partial charge in [-0.05, 0) is 91.3 Å². The predicted octanol–water partition coefficient (Wildman–Crippen LogP) is 7.49. The summed E-state index contributed by atoms with van der Waals surface area (Å²) in [6.07, 6.45) is 16.1. The van der Waals surface area contributed by atoms with E-state index in [4.69, 9.17) is 10.5 Å². The summed E-state index contributed by atoms with van der Waals surface area (Å²) in [5, 5.41) is 0. The number of hydrogen-bond acceptors (Lipinski definition) is 2. The van der Waals surface area contributed by atoms with E-state index in [1.807, 2.05) is 0 Å². The highest BCUT2D eigenvalue weighted by Gasteiger charge is 2.59. The highest BCUT2D eigenvalue weighted by molar-refractivity contribution is 5.64. The molecular formula is C28H47NO2. The van der Waals surface area contributed by atoms with Gasteiger partial charge in [0, 0.05) is 6.42 Å². The fourth-order valence-electron chi connectivity index (χ4n) is 8.92. The Morgan fingerprint density at radius 1 is 1.10 bits per heavy atom. The van der Waals surface area contributed by atoms with Gasteiger partial charge in [0.2, 0.25) is 0 Å². The van der Waals surface area contributed by atoms with Crippen molar-refractivity contribution < 1.29 is 9.53 Å². The summed E-state index contributed by atoms with van der Waals surface area (Å²) in [4.78, 5) is 11.3. The van der Waals surface area contributed by atoms with Gasteiger partial charge in [-0.2, -0.15) is 0 Å². The molecule has 0 aromatic carbocycles. The van der Waals surface area contributed by atoms with E-state index in [1.165, 1.54) is 51.4 Å². The molecule has 4 rings (SSSR count). The second kappa shape index (κ2) is 8.75. The average molecular weight is 430 g/mol. The molecule has 0 heterocycles. The minimum atomic E-state index is -0.615. The third-order valence-electron chi connectivity index (χ3n) is 10.5. The van der Waals surface area contributed by atoms with Crippen LogP contribution in [0.5, 0.6) is 0 Å². The lowest BCUT2D eigenvalue weighted by Crippen LogP contribution is -2.51. The highest BCUT2D eigenvalue weighted by atomic mass is 16.6. The van der Waals surface area contributed by atoms with E-state index in [2.05, 4.69) is 40.7 Å². The molecular weight excluding hydrogens is 382 g/mol. The first-order chi connectivity index (χ1) is 14.6. The summed E-state index contributed by atoms with van der Waals surface area (Å²) in [7, 11) is 0. The van der Waals surface area contributed by atoms with E-state index in [0.717, 1.165) is 54.8 Å². The van der Waals surface area contributed by atoms with Crippen LogP contribution in [0.1, 0.15) is 105 Å². The Morgan fingerprint density at radius 3 is 2.58 bits per heavy atom. The van der Waals surface area contributed by atoms with E-state index in [9.17, 15) is 4.79 Å². The van der Waals surface area contributed by atoms with Crippen LogP contribution in [0.25, 0.3) is 0 Å². The van der Waals surface area contributed by atoms with Crippen LogP contribution in [0.4, 0.5) is 4.79 Å². The second-order valence-corrected chi connectivity index (χ2v) is 12.6. The lowest BCUT2D eigenvalue weighted by atomic mass is 9.47. The summed E-state index contributed by atoms with van der Waals surface area (Å²) in [6.45, 7) is 12.5. The van der Waals surface area contributed by atoms with Crippen LogP contribution in [0.3, 0.4) is 0 Å². The molecule has 0 aliphatic heterocycles. The summed E-state index contributed by atoms with van der Waals surface area (Å²) in [6, 6.07) is 0. The third-order valence-corrected chi connectivity index (χ3v) is 10.5. The first kappa shape index (κ1) is 23.2. The maximum Gasteiger partial charge on any atom is 0.404 e. The molecule has 3 heteroatoms. The topological polar surface area (TPSA) is 52.3 Å². The molecule has 4 aliphatic carbocycles. The maximum atomic E-state index is 11.3. The van der Waals surface area contributed by atoms with Crippen LogP contribution in [0.15, 0.2) is 11.6 Å². The Labute approximate surface area is 190 Å². The summed E-state index contributed by atoms with van der Waals surface area (Å²) in [5.41, 5.74) is 7.72. The molecule has 0 radical (unpaired) electrons. The number of nitrogens with two attached hydrogens (primary N) is 1. The highest BCUT2D eigenvalue weighted by Crippen LogP contribution is 2.67. The van der Waals surface area contributed by atoms with Gasteiger partial charge >= 0.3 is 6.09 Å². The minimum Gasteiger partial charge on any atom is -0.446 e. The van der Waals surface area contributed by atoms with Gasteiger partial charge in [0.05, 0.1) is 0 Å². The molecule has 0 aromatic rings. The Hall–Kier alpha value is -0.990. The van der Waals surface area contributed by atoms with E-state index in [0.29, 0.717) is 10.8 Å². The quantitative estimate of drug-likeness (QED) is 0.445. The number of ether oxygens (including phenoxy) is 1. The molecule has 3 fully saturated rings. The molecule has 176 valence electrons. The molecule has 2 N–H and O–H groups in total. The SMILES string of the molecule is CC(C)CCCC(C)[C@H]1CC[C@H]2[C@@H]3CC=C4C[C@@H](OC(N)=O)CC[C@]4(C)[C@H]3CC[C@]12C. The van der Waals surface area contributed by atoms with E-state index >= 15 is 0 Å². The monoisotopic (exact) mass is 429 g/mol. The van der Waals surface area contributed by atoms with Crippen molar-refractivity contribution in [3.05, 3.63) is 11.6 Å². The first-order valence-corrected chi connectivity index (χ1v) is 13.3. The number of hydrogen-bond donors (Lipinski definition) is 1. The van der Waals surface area contributed by atoms with Crippen LogP contribution in [0.2, 0.25) is 0 Å². The fraction of sp³-hybridized carbons (Fsp3) is 0.893. The standard InChI is InChI=1S/C28H47NO2/c1-18(2)7-6-8-19(3)23-11-12-24-22-10-9-20-17-21(31-26(29)30)13-15-27(20,4)25(22)14-16-28(23,24)5/h9,18-19,21-25H,6-8,10-17H2,1-5H3,(H2,29,30)/t19?,21-,22-,23+,24-,25-,27-,28+/m0/s1. The maximum absolute atomic E-state index is 11.3. The van der Waals surface area contributed by atoms with Gasteiger partial charge in [-0.3, -0.25) is 0 Å². The normalized spacial score (nSPS) is 42.9. The Bertz CT molecular complexity index is 699. The summed E-state index contributed by atoms with van der Waals surface area (Å²) in [5.74, 6) is 5.20. The van der Waals surface area contributed by atoms with Crippen molar-refractivity contribution in [3.63, 3.8) is 0 Å². The lowest BCUT2D eigenvalue weighted by molar-refractivity contribution is -0.0578. The number of allylic oxidation sites excluding steroid dienone is 1. The molecule has 1 unspecified atom stereocenters. The lowest BCUT2D eigenvalue weighted by Gasteiger charge is -2.58. The van der Waals surface area contributed by atoms with E-state index in [-0.39, 0.29) is 6.10 Å². The van der Waals surface area contributed by atoms with Crippen molar-refractivity contribution >= 4 is 6.09 Å². The van der Waals surface area contributed by atoms with Crippen molar-refractivity contribution in [2.75, 3.05) is 0 Å². The van der Waals surface area contributed by atoms with Crippen LogP contribution < -0.4 is 5.73 Å². The van der Waals surface area contributed by atoms with Gasteiger partial charge in [-0.1, -0.05) is 65.5 Å². The number of amides is 1. The number of fused-ring (bicyclic) bond motifs is 5. The first-order valence-electron chi connectivity index (χ1n) is 13.3. The largest absolute Gasteiger partial charge is 0.446 e. The molecule has 1 amide bonds. The van der Waals surface area contributed by atoms with Gasteiger partial charge in [-0.25, -0.2) is 4.79 Å². The molecule has 31 heavy (non-hydrogen) atoms. The molecule has 0 saturated heterocycles. The molecule has 8 atom stereocenters. The van der Waals surface area contributed by atoms with Crippen LogP contribution in [-0.2, 0) is 4.74 Å². The zero-order valence-corrected chi connectivity index (χ0v) is 20.8.